The minimum atomic E-state index is -3.72. The molecule has 0 heterocycles. The maximum absolute atomic E-state index is 11.0. The average Bonchev–Trinajstić information content (AvgIpc) is 2.25. The molecule has 0 fully saturated rings. The molecule has 2 N–H and O–H groups in total. The van der Waals surface area contributed by atoms with Gasteiger partial charge in [0.1, 0.15) is 0 Å². The van der Waals surface area contributed by atoms with Crippen LogP contribution < -0.4 is 5.14 Å². The van der Waals surface area contributed by atoms with E-state index in [1.54, 1.807) is 6.07 Å². The smallest absolute Gasteiger partial charge is 0.330 e. The van der Waals surface area contributed by atoms with E-state index in [1.807, 2.05) is 0 Å². The van der Waals surface area contributed by atoms with Gasteiger partial charge in [0.2, 0.25) is 10.0 Å². The Labute approximate surface area is 93.6 Å². The van der Waals surface area contributed by atoms with Crippen LogP contribution in [-0.2, 0) is 19.6 Å². The number of primary sulfonamides is 1. The Balaban J connectivity index is 3.01. The van der Waals surface area contributed by atoms with Crippen LogP contribution in [0.5, 0.6) is 0 Å². The molecule has 0 radical (unpaired) electrons. The summed E-state index contributed by atoms with van der Waals surface area (Å²) in [6.45, 7) is 0. The van der Waals surface area contributed by atoms with E-state index < -0.39 is 16.0 Å². The predicted molar refractivity (Wildman–Crippen MR) is 58.9 cm³/mol. The number of ether oxygens (including phenoxy) is 1. The summed E-state index contributed by atoms with van der Waals surface area (Å²) in [5, 5.41) is 4.96. The lowest BCUT2D eigenvalue weighted by Crippen LogP contribution is -2.11. The zero-order valence-corrected chi connectivity index (χ0v) is 9.40. The number of nitrogens with two attached hydrogens (primary N) is 1. The first-order chi connectivity index (χ1) is 7.43. The lowest BCUT2D eigenvalue weighted by Gasteiger charge is -1.99. The first-order valence-electron chi connectivity index (χ1n) is 4.32. The molecule has 0 unspecified atom stereocenters. The lowest BCUT2D eigenvalue weighted by molar-refractivity contribution is -0.134. The number of carbonyl (C=O) groups is 1. The molecule has 0 spiro atoms. The molecular weight excluding hydrogens is 230 g/mol. The van der Waals surface area contributed by atoms with Crippen LogP contribution in [0.25, 0.3) is 6.08 Å². The number of hydrogen-bond acceptors (Lipinski definition) is 4. The van der Waals surface area contributed by atoms with Gasteiger partial charge in [-0.1, -0.05) is 12.1 Å². The molecule has 1 aromatic carbocycles. The molecular formula is C10H11NO4S. The van der Waals surface area contributed by atoms with Crippen molar-refractivity contribution in [1.82, 2.24) is 0 Å². The number of benzene rings is 1. The van der Waals surface area contributed by atoms with Crippen LogP contribution in [0.4, 0.5) is 0 Å². The van der Waals surface area contributed by atoms with Gasteiger partial charge in [-0.05, 0) is 23.8 Å². The van der Waals surface area contributed by atoms with Crippen LogP contribution in [0.1, 0.15) is 5.56 Å². The summed E-state index contributed by atoms with van der Waals surface area (Å²) in [5.41, 5.74) is 0.553. The number of rotatable bonds is 3. The fraction of sp³-hybridized carbons (Fsp3) is 0.100. The van der Waals surface area contributed by atoms with Crippen molar-refractivity contribution < 1.29 is 17.9 Å². The summed E-state index contributed by atoms with van der Waals surface area (Å²) in [4.78, 5) is 10.8. The highest BCUT2D eigenvalue weighted by Crippen LogP contribution is 2.10. The third kappa shape index (κ3) is 3.48. The van der Waals surface area contributed by atoms with E-state index >= 15 is 0 Å². The van der Waals surface area contributed by atoms with Gasteiger partial charge in [0.25, 0.3) is 0 Å². The van der Waals surface area contributed by atoms with Gasteiger partial charge in [0, 0.05) is 6.08 Å². The Morgan fingerprint density at radius 2 is 2.12 bits per heavy atom. The SMILES string of the molecule is COC(=O)C=Cc1cccc(S(N)(=O)=O)c1. The quantitative estimate of drug-likeness (QED) is 0.617. The van der Waals surface area contributed by atoms with Gasteiger partial charge in [-0.15, -0.1) is 0 Å². The molecule has 1 aromatic rings. The molecule has 0 saturated carbocycles. The van der Waals surface area contributed by atoms with Crippen molar-refractivity contribution in [2.75, 3.05) is 7.11 Å². The number of hydrogen-bond donors (Lipinski definition) is 1. The van der Waals surface area contributed by atoms with Gasteiger partial charge in [-0.3, -0.25) is 0 Å². The lowest BCUT2D eigenvalue weighted by atomic mass is 10.2. The number of esters is 1. The normalized spacial score (nSPS) is 11.6. The fourth-order valence-electron chi connectivity index (χ4n) is 1.03. The van der Waals surface area contributed by atoms with E-state index in [9.17, 15) is 13.2 Å². The van der Waals surface area contributed by atoms with Crippen molar-refractivity contribution in [3.63, 3.8) is 0 Å². The standard InChI is InChI=1S/C10H11NO4S/c1-15-10(12)6-5-8-3-2-4-9(7-8)16(11,13)14/h2-7H,1H3,(H2,11,13,14). The van der Waals surface area contributed by atoms with Gasteiger partial charge < -0.3 is 4.74 Å². The van der Waals surface area contributed by atoms with Crippen molar-refractivity contribution in [3.05, 3.63) is 35.9 Å². The average molecular weight is 241 g/mol. The molecule has 5 nitrogen and oxygen atoms in total. The van der Waals surface area contributed by atoms with Crippen molar-refractivity contribution >= 4 is 22.1 Å². The van der Waals surface area contributed by atoms with Gasteiger partial charge >= 0.3 is 5.97 Å². The maximum atomic E-state index is 11.0. The zero-order valence-electron chi connectivity index (χ0n) is 8.58. The molecule has 0 aliphatic rings. The topological polar surface area (TPSA) is 86.5 Å². The second-order valence-corrected chi connectivity index (χ2v) is 4.54. The molecule has 0 saturated heterocycles. The van der Waals surface area contributed by atoms with E-state index in [1.165, 1.54) is 37.5 Å². The molecule has 0 amide bonds. The molecule has 86 valence electrons. The van der Waals surface area contributed by atoms with Crippen molar-refractivity contribution in [1.29, 1.82) is 0 Å². The highest BCUT2D eigenvalue weighted by Gasteiger charge is 2.06. The van der Waals surface area contributed by atoms with Crippen LogP contribution in [0, 0.1) is 0 Å². The molecule has 0 bridgehead atoms. The molecule has 6 heteroatoms. The molecule has 16 heavy (non-hydrogen) atoms. The van der Waals surface area contributed by atoms with Crippen molar-refractivity contribution in [2.45, 2.75) is 4.90 Å². The number of sulfonamides is 1. The monoisotopic (exact) mass is 241 g/mol. The number of carbonyl (C=O) groups excluding carboxylic acids is 1. The summed E-state index contributed by atoms with van der Waals surface area (Å²) >= 11 is 0. The Hall–Kier alpha value is -1.66. The zero-order chi connectivity index (χ0) is 12.2. The Morgan fingerprint density at radius 3 is 2.69 bits per heavy atom. The van der Waals surface area contributed by atoms with Crippen LogP contribution in [0.3, 0.4) is 0 Å². The highest BCUT2D eigenvalue weighted by molar-refractivity contribution is 7.89. The van der Waals surface area contributed by atoms with Crippen molar-refractivity contribution in [3.8, 4) is 0 Å². The second kappa shape index (κ2) is 4.91. The summed E-state index contributed by atoms with van der Waals surface area (Å²) in [6.07, 6.45) is 2.64. The first kappa shape index (κ1) is 12.4. The Bertz CT molecular complexity index is 519. The largest absolute Gasteiger partial charge is 0.466 e. The van der Waals surface area contributed by atoms with Crippen LogP contribution >= 0.6 is 0 Å². The minimum Gasteiger partial charge on any atom is -0.466 e. The van der Waals surface area contributed by atoms with E-state index in [0.717, 1.165) is 0 Å². The molecule has 0 atom stereocenters. The van der Waals surface area contributed by atoms with Gasteiger partial charge in [0.15, 0.2) is 0 Å². The molecule has 0 aliphatic heterocycles. The molecule has 0 aliphatic carbocycles. The fourth-order valence-corrected chi connectivity index (χ4v) is 1.60. The Kier molecular flexibility index (Phi) is 3.81. The summed E-state index contributed by atoms with van der Waals surface area (Å²) in [5.74, 6) is -0.513. The van der Waals surface area contributed by atoms with Crippen LogP contribution in [0.2, 0.25) is 0 Å². The summed E-state index contributed by atoms with van der Waals surface area (Å²) in [6, 6.07) is 5.93. The Morgan fingerprint density at radius 1 is 1.44 bits per heavy atom. The van der Waals surface area contributed by atoms with Gasteiger partial charge in [-0.25, -0.2) is 18.4 Å². The maximum Gasteiger partial charge on any atom is 0.330 e. The summed E-state index contributed by atoms with van der Waals surface area (Å²) in [7, 11) is -2.46. The van der Waals surface area contributed by atoms with E-state index in [2.05, 4.69) is 4.74 Å². The minimum absolute atomic E-state index is 0.000448. The summed E-state index contributed by atoms with van der Waals surface area (Å²) < 4.78 is 26.5. The third-order valence-corrected chi connectivity index (χ3v) is 2.71. The number of methoxy groups -OCH3 is 1. The first-order valence-corrected chi connectivity index (χ1v) is 5.87. The van der Waals surface area contributed by atoms with Gasteiger partial charge in [-0.2, -0.15) is 0 Å². The van der Waals surface area contributed by atoms with E-state index in [0.29, 0.717) is 5.56 Å². The van der Waals surface area contributed by atoms with Crippen LogP contribution in [-0.4, -0.2) is 21.5 Å². The second-order valence-electron chi connectivity index (χ2n) is 2.97. The molecule has 1 rings (SSSR count). The van der Waals surface area contributed by atoms with E-state index in [4.69, 9.17) is 5.14 Å². The van der Waals surface area contributed by atoms with Crippen LogP contribution in [0.15, 0.2) is 35.2 Å². The van der Waals surface area contributed by atoms with Gasteiger partial charge in [0.05, 0.1) is 12.0 Å². The highest BCUT2D eigenvalue weighted by atomic mass is 32.2. The third-order valence-electron chi connectivity index (χ3n) is 1.80. The van der Waals surface area contributed by atoms with E-state index in [-0.39, 0.29) is 4.90 Å². The molecule has 0 aromatic heterocycles. The predicted octanol–water partition coefficient (Wildman–Crippen LogP) is 0.520. The van der Waals surface area contributed by atoms with Crippen molar-refractivity contribution in [2.24, 2.45) is 5.14 Å².